The summed E-state index contributed by atoms with van der Waals surface area (Å²) in [5.74, 6) is 0.757. The average molecular weight is 256 g/mol. The molecule has 0 aromatic carbocycles. The molecule has 0 aliphatic heterocycles. The molecule has 0 aliphatic rings. The molecule has 0 heterocycles. The highest BCUT2D eigenvalue weighted by Gasteiger charge is 1.96. The van der Waals surface area contributed by atoms with Gasteiger partial charge in [0.1, 0.15) is 0 Å². The Balaban J connectivity index is 2.99. The Labute approximate surface area is 96.4 Å². The Morgan fingerprint density at radius 1 is 0.600 bits per heavy atom. The molecule has 92 valence electrons. The molecule has 0 aliphatic carbocycles. The summed E-state index contributed by atoms with van der Waals surface area (Å²) in [4.78, 5) is 0. The Morgan fingerprint density at radius 2 is 0.867 bits per heavy atom. The third-order valence-corrected chi connectivity index (χ3v) is 3.41. The highest BCUT2D eigenvalue weighted by Crippen LogP contribution is 2.07. The van der Waals surface area contributed by atoms with Gasteiger partial charge in [-0.1, -0.05) is 32.1 Å². The Morgan fingerprint density at radius 3 is 1.13 bits per heavy atom. The van der Waals surface area contributed by atoms with Gasteiger partial charge in [0.05, 0.1) is 0 Å². The molecule has 2 atom stereocenters. The summed E-state index contributed by atoms with van der Waals surface area (Å²) >= 11 is -3.29. The standard InChI is InChI=1S/C9H20O4S2/c10-14(11)8-6-4-2-1-3-5-7-9-15(12)13/h1-9H2,(H,10,11)(H,12,13). The highest BCUT2D eigenvalue weighted by molar-refractivity contribution is 7.79. The molecule has 0 aromatic heterocycles. The number of unbranched alkanes of at least 4 members (excludes halogenated alkanes) is 6. The molecule has 0 spiro atoms. The van der Waals surface area contributed by atoms with Gasteiger partial charge < -0.3 is 9.11 Å². The maximum Gasteiger partial charge on any atom is 0.152 e. The van der Waals surface area contributed by atoms with E-state index >= 15 is 0 Å². The van der Waals surface area contributed by atoms with Crippen LogP contribution in [0.1, 0.15) is 44.9 Å². The molecule has 0 aromatic rings. The molecule has 0 amide bonds. The van der Waals surface area contributed by atoms with E-state index in [1.807, 2.05) is 0 Å². The fraction of sp³-hybridized carbons (Fsp3) is 1.00. The Kier molecular flexibility index (Phi) is 10.9. The first kappa shape index (κ1) is 15.2. The van der Waals surface area contributed by atoms with Crippen LogP contribution in [0.5, 0.6) is 0 Å². The SMILES string of the molecule is O=S(O)CCCCCCCCCS(=O)O. The minimum absolute atomic E-state index is 0.378. The molecule has 0 saturated carbocycles. The summed E-state index contributed by atoms with van der Waals surface area (Å²) in [6.07, 6.45) is 6.89. The van der Waals surface area contributed by atoms with Gasteiger partial charge in [-0.25, -0.2) is 8.42 Å². The third kappa shape index (κ3) is 14.2. The van der Waals surface area contributed by atoms with Gasteiger partial charge >= 0.3 is 0 Å². The van der Waals surface area contributed by atoms with Crippen LogP contribution in [0.3, 0.4) is 0 Å². The van der Waals surface area contributed by atoms with E-state index in [0.717, 1.165) is 44.9 Å². The zero-order valence-corrected chi connectivity index (χ0v) is 10.5. The van der Waals surface area contributed by atoms with Crippen molar-refractivity contribution in [3.63, 3.8) is 0 Å². The minimum Gasteiger partial charge on any atom is -0.306 e. The van der Waals surface area contributed by atoms with Crippen LogP contribution in [0.15, 0.2) is 0 Å². The van der Waals surface area contributed by atoms with E-state index in [-0.39, 0.29) is 0 Å². The monoisotopic (exact) mass is 256 g/mol. The topological polar surface area (TPSA) is 74.6 Å². The molecular weight excluding hydrogens is 236 g/mol. The van der Waals surface area contributed by atoms with Crippen molar-refractivity contribution in [3.05, 3.63) is 0 Å². The van der Waals surface area contributed by atoms with E-state index in [1.54, 1.807) is 0 Å². The normalized spacial score (nSPS) is 15.1. The van der Waals surface area contributed by atoms with Gasteiger partial charge in [0.15, 0.2) is 22.2 Å². The lowest BCUT2D eigenvalue weighted by Crippen LogP contribution is -1.95. The van der Waals surface area contributed by atoms with Crippen LogP contribution in [0.25, 0.3) is 0 Å². The summed E-state index contributed by atoms with van der Waals surface area (Å²) < 4.78 is 37.6. The van der Waals surface area contributed by atoms with Crippen molar-refractivity contribution in [3.8, 4) is 0 Å². The molecule has 6 heteroatoms. The largest absolute Gasteiger partial charge is 0.306 e. The lowest BCUT2D eigenvalue weighted by atomic mass is 10.1. The third-order valence-electron chi connectivity index (χ3n) is 2.14. The van der Waals surface area contributed by atoms with Gasteiger partial charge in [-0.2, -0.15) is 0 Å². The van der Waals surface area contributed by atoms with Crippen LogP contribution in [-0.4, -0.2) is 29.0 Å². The van der Waals surface area contributed by atoms with Gasteiger partial charge in [-0.05, 0) is 12.8 Å². The zero-order valence-electron chi connectivity index (χ0n) is 8.89. The maximum atomic E-state index is 10.3. The highest BCUT2D eigenvalue weighted by atomic mass is 32.2. The molecular formula is C9H20O4S2. The number of hydrogen-bond donors (Lipinski definition) is 2. The number of rotatable bonds is 10. The van der Waals surface area contributed by atoms with Crippen molar-refractivity contribution in [1.29, 1.82) is 0 Å². The molecule has 0 rings (SSSR count). The van der Waals surface area contributed by atoms with Crippen LogP contribution in [0.2, 0.25) is 0 Å². The summed E-state index contributed by atoms with van der Waals surface area (Å²) in [7, 11) is 0. The van der Waals surface area contributed by atoms with Crippen molar-refractivity contribution in [2.45, 2.75) is 44.9 Å². The molecule has 0 saturated heterocycles. The maximum absolute atomic E-state index is 10.3. The Hall–Kier alpha value is 0.220. The van der Waals surface area contributed by atoms with E-state index in [9.17, 15) is 8.42 Å². The average Bonchev–Trinajstić information content (AvgIpc) is 2.14. The summed E-state index contributed by atoms with van der Waals surface area (Å²) in [5.41, 5.74) is 0. The van der Waals surface area contributed by atoms with Gasteiger partial charge in [-0.15, -0.1) is 0 Å². The predicted octanol–water partition coefficient (Wildman–Crippen LogP) is 2.16. The summed E-state index contributed by atoms with van der Waals surface area (Å²) in [6, 6.07) is 0. The van der Waals surface area contributed by atoms with E-state index in [4.69, 9.17) is 9.11 Å². The second kappa shape index (κ2) is 10.7. The van der Waals surface area contributed by atoms with E-state index in [1.165, 1.54) is 0 Å². The van der Waals surface area contributed by atoms with Gasteiger partial charge in [0.25, 0.3) is 0 Å². The van der Waals surface area contributed by atoms with Gasteiger partial charge in [-0.3, -0.25) is 0 Å². The van der Waals surface area contributed by atoms with Crippen LogP contribution >= 0.6 is 0 Å². The van der Waals surface area contributed by atoms with Crippen molar-refractivity contribution in [2.75, 3.05) is 11.5 Å². The molecule has 4 nitrogen and oxygen atoms in total. The lowest BCUT2D eigenvalue weighted by Gasteiger charge is -2.00. The zero-order chi connectivity index (χ0) is 11.5. The molecule has 0 radical (unpaired) electrons. The predicted molar refractivity (Wildman–Crippen MR) is 63.6 cm³/mol. The van der Waals surface area contributed by atoms with E-state index < -0.39 is 22.2 Å². The van der Waals surface area contributed by atoms with E-state index in [2.05, 4.69) is 0 Å². The second-order valence-electron chi connectivity index (χ2n) is 3.53. The van der Waals surface area contributed by atoms with Crippen LogP contribution in [0.4, 0.5) is 0 Å². The fourth-order valence-corrected chi connectivity index (χ4v) is 2.24. The second-order valence-corrected chi connectivity index (χ2v) is 5.63. The molecule has 15 heavy (non-hydrogen) atoms. The first-order valence-corrected chi connectivity index (χ1v) is 7.83. The minimum atomic E-state index is -1.64. The van der Waals surface area contributed by atoms with Crippen molar-refractivity contribution >= 4 is 22.2 Å². The van der Waals surface area contributed by atoms with Gasteiger partial charge in [0.2, 0.25) is 0 Å². The van der Waals surface area contributed by atoms with Crippen molar-refractivity contribution in [2.24, 2.45) is 0 Å². The summed E-state index contributed by atoms with van der Waals surface area (Å²) in [6.45, 7) is 0. The lowest BCUT2D eigenvalue weighted by molar-refractivity contribution is 0.550. The molecule has 0 fully saturated rings. The van der Waals surface area contributed by atoms with E-state index in [0.29, 0.717) is 11.5 Å². The van der Waals surface area contributed by atoms with Crippen molar-refractivity contribution in [1.82, 2.24) is 0 Å². The quantitative estimate of drug-likeness (QED) is 0.464. The Bertz CT molecular complexity index is 177. The van der Waals surface area contributed by atoms with Crippen LogP contribution < -0.4 is 0 Å². The fourth-order valence-electron chi connectivity index (χ4n) is 1.33. The molecule has 2 unspecified atom stereocenters. The number of hydrogen-bond acceptors (Lipinski definition) is 2. The van der Waals surface area contributed by atoms with Crippen molar-refractivity contribution < 1.29 is 17.5 Å². The summed E-state index contributed by atoms with van der Waals surface area (Å²) in [5, 5.41) is 0. The van der Waals surface area contributed by atoms with Crippen LogP contribution in [-0.2, 0) is 22.2 Å². The van der Waals surface area contributed by atoms with Gasteiger partial charge in [0, 0.05) is 11.5 Å². The first-order chi connectivity index (χ1) is 7.13. The van der Waals surface area contributed by atoms with Crippen LogP contribution in [0, 0.1) is 0 Å². The molecule has 0 bridgehead atoms. The first-order valence-electron chi connectivity index (χ1n) is 5.28. The molecule has 2 N–H and O–H groups in total. The smallest absolute Gasteiger partial charge is 0.152 e.